The zero-order valence-electron chi connectivity index (χ0n) is 21.3. The fourth-order valence-electron chi connectivity index (χ4n) is 3.84. The number of nitriles is 1. The second kappa shape index (κ2) is 11.7. The van der Waals surface area contributed by atoms with E-state index in [9.17, 15) is 13.6 Å². The number of carbonyl (C=O) groups is 1. The lowest BCUT2D eigenvalue weighted by Crippen LogP contribution is -2.53. The molecule has 1 aliphatic heterocycles. The SMILES string of the molecule is CN/C(=N/C#N)NCCCC1(c2ccccc2)SC(c2cc(F)ccc2F)=NN1C(=O)[C@@H](N)C(C)(C)C. The van der Waals surface area contributed by atoms with Crippen molar-refractivity contribution < 1.29 is 13.6 Å². The zero-order chi connectivity index (χ0) is 27.2. The number of guanidine groups is 1. The minimum absolute atomic E-state index is 0.0262. The molecule has 196 valence electrons. The minimum Gasteiger partial charge on any atom is -0.359 e. The first kappa shape index (κ1) is 28.1. The van der Waals surface area contributed by atoms with E-state index in [4.69, 9.17) is 11.0 Å². The lowest BCUT2D eigenvalue weighted by molar-refractivity contribution is -0.138. The van der Waals surface area contributed by atoms with Crippen molar-refractivity contribution in [1.82, 2.24) is 15.6 Å². The van der Waals surface area contributed by atoms with Gasteiger partial charge in [-0.25, -0.2) is 13.8 Å². The molecule has 0 aromatic heterocycles. The summed E-state index contributed by atoms with van der Waals surface area (Å²) in [5.41, 5.74) is 6.56. The molecule has 3 rings (SSSR count). The molecule has 2 atom stereocenters. The van der Waals surface area contributed by atoms with Gasteiger partial charge in [0.1, 0.15) is 21.5 Å². The number of benzene rings is 2. The average molecular weight is 528 g/mol. The topological polar surface area (TPSA) is 119 Å². The first-order valence-electron chi connectivity index (χ1n) is 11.8. The van der Waals surface area contributed by atoms with Crippen molar-refractivity contribution in [3.8, 4) is 6.19 Å². The number of nitrogens with zero attached hydrogens (tertiary/aromatic N) is 4. The Kier molecular flexibility index (Phi) is 8.89. The van der Waals surface area contributed by atoms with Crippen LogP contribution in [0, 0.1) is 28.5 Å². The van der Waals surface area contributed by atoms with Crippen molar-refractivity contribution in [1.29, 1.82) is 5.26 Å². The van der Waals surface area contributed by atoms with Gasteiger partial charge in [-0.15, -0.1) is 4.99 Å². The number of thioether (sulfide) groups is 1. The normalized spacial score (nSPS) is 18.7. The summed E-state index contributed by atoms with van der Waals surface area (Å²) in [6.07, 6.45) is 2.64. The number of carbonyl (C=O) groups excluding carboxylic acids is 1. The molecule has 8 nitrogen and oxygen atoms in total. The number of nitrogens with one attached hydrogen (secondary N) is 2. The molecule has 0 aliphatic carbocycles. The Morgan fingerprint density at radius 1 is 1.27 bits per heavy atom. The summed E-state index contributed by atoms with van der Waals surface area (Å²) in [6.45, 7) is 6.00. The largest absolute Gasteiger partial charge is 0.359 e. The van der Waals surface area contributed by atoms with E-state index >= 15 is 0 Å². The highest BCUT2D eigenvalue weighted by molar-refractivity contribution is 8.15. The number of amides is 1. The third kappa shape index (κ3) is 6.26. The lowest BCUT2D eigenvalue weighted by Gasteiger charge is -2.39. The van der Waals surface area contributed by atoms with Crippen molar-refractivity contribution in [2.45, 2.75) is 44.5 Å². The van der Waals surface area contributed by atoms with Crippen LogP contribution in [0.4, 0.5) is 8.78 Å². The summed E-state index contributed by atoms with van der Waals surface area (Å²) in [5, 5.41) is 20.8. The number of nitrogens with two attached hydrogens (primary N) is 1. The Labute approximate surface area is 220 Å². The average Bonchev–Trinajstić information content (AvgIpc) is 3.27. The second-order valence-electron chi connectivity index (χ2n) is 9.62. The molecule has 0 radical (unpaired) electrons. The maximum absolute atomic E-state index is 14.8. The Morgan fingerprint density at radius 3 is 2.59 bits per heavy atom. The van der Waals surface area contributed by atoms with Crippen molar-refractivity contribution in [2.75, 3.05) is 13.6 Å². The van der Waals surface area contributed by atoms with Crippen LogP contribution in [0.1, 0.15) is 44.7 Å². The third-order valence-corrected chi connectivity index (χ3v) is 7.42. The molecule has 0 saturated heterocycles. The summed E-state index contributed by atoms with van der Waals surface area (Å²) < 4.78 is 28.9. The van der Waals surface area contributed by atoms with Crippen molar-refractivity contribution >= 4 is 28.7 Å². The van der Waals surface area contributed by atoms with E-state index in [1.165, 1.54) is 16.8 Å². The Bertz CT molecular complexity index is 1220. The summed E-state index contributed by atoms with van der Waals surface area (Å²) in [4.78, 5) is 16.4. The molecule has 0 bridgehead atoms. The number of halogens is 2. The van der Waals surface area contributed by atoms with Crippen LogP contribution in [0.3, 0.4) is 0 Å². The molecular formula is C26H31F2N7OS. The van der Waals surface area contributed by atoms with Gasteiger partial charge in [0.2, 0.25) is 12.2 Å². The Morgan fingerprint density at radius 2 is 1.97 bits per heavy atom. The predicted molar refractivity (Wildman–Crippen MR) is 142 cm³/mol. The fourth-order valence-corrected chi connectivity index (χ4v) is 5.27. The van der Waals surface area contributed by atoms with Gasteiger partial charge in [-0.1, -0.05) is 62.9 Å². The van der Waals surface area contributed by atoms with Crippen LogP contribution >= 0.6 is 11.8 Å². The summed E-state index contributed by atoms with van der Waals surface area (Å²) in [7, 11) is 1.64. The number of aliphatic imine (C=N–C) groups is 1. The van der Waals surface area contributed by atoms with E-state index in [-0.39, 0.29) is 10.6 Å². The molecule has 4 N–H and O–H groups in total. The highest BCUT2D eigenvalue weighted by atomic mass is 32.2. The van der Waals surface area contributed by atoms with Gasteiger partial charge in [0.05, 0.1) is 6.04 Å². The Balaban J connectivity index is 2.07. The maximum Gasteiger partial charge on any atom is 0.261 e. The first-order valence-corrected chi connectivity index (χ1v) is 12.6. The highest BCUT2D eigenvalue weighted by Gasteiger charge is 2.50. The van der Waals surface area contributed by atoms with E-state index < -0.39 is 33.9 Å². The standard InChI is InChI=1S/C26H31F2N7OS/c1-25(2,3)21(30)23(36)35-26(17-9-6-5-7-10-17,13-8-14-32-24(31-4)33-16-29)37-22(34-35)19-15-18(27)11-12-20(19)28/h5-7,9-12,15,21H,8,13-14,30H2,1-4H3,(H2,31,32,33)/t21-,26?/m1/s1. The van der Waals surface area contributed by atoms with Gasteiger partial charge >= 0.3 is 0 Å². The molecule has 0 spiro atoms. The summed E-state index contributed by atoms with van der Waals surface area (Å²) in [6, 6.07) is 11.6. The van der Waals surface area contributed by atoms with Crippen LogP contribution in [0.25, 0.3) is 0 Å². The molecule has 1 heterocycles. The first-order chi connectivity index (χ1) is 17.5. The van der Waals surface area contributed by atoms with Crippen LogP contribution in [-0.2, 0) is 9.67 Å². The van der Waals surface area contributed by atoms with Crippen LogP contribution in [0.5, 0.6) is 0 Å². The highest BCUT2D eigenvalue weighted by Crippen LogP contribution is 2.51. The van der Waals surface area contributed by atoms with E-state index in [0.29, 0.717) is 25.3 Å². The smallest absolute Gasteiger partial charge is 0.261 e. The molecule has 1 amide bonds. The summed E-state index contributed by atoms with van der Waals surface area (Å²) in [5.74, 6) is -1.36. The number of hydrogen-bond acceptors (Lipinski definition) is 6. The van der Waals surface area contributed by atoms with Gasteiger partial charge in [0, 0.05) is 19.2 Å². The Hall–Kier alpha value is -3.49. The van der Waals surface area contributed by atoms with Crippen LogP contribution in [-0.4, -0.2) is 41.6 Å². The van der Waals surface area contributed by atoms with Crippen LogP contribution in [0.2, 0.25) is 0 Å². The molecule has 0 fully saturated rings. The third-order valence-electron chi connectivity index (χ3n) is 5.97. The van der Waals surface area contributed by atoms with E-state index in [2.05, 4.69) is 20.7 Å². The van der Waals surface area contributed by atoms with Gasteiger partial charge in [-0.3, -0.25) is 4.79 Å². The van der Waals surface area contributed by atoms with Gasteiger partial charge < -0.3 is 16.4 Å². The number of hydrogen-bond donors (Lipinski definition) is 3. The zero-order valence-corrected chi connectivity index (χ0v) is 22.1. The maximum atomic E-state index is 14.8. The minimum atomic E-state index is -1.07. The number of rotatable bonds is 7. The van der Waals surface area contributed by atoms with Crippen molar-refractivity contribution in [3.05, 3.63) is 71.3 Å². The quantitative estimate of drug-likeness (QED) is 0.218. The van der Waals surface area contributed by atoms with E-state index in [0.717, 1.165) is 23.8 Å². The molecule has 0 saturated carbocycles. The molecular weight excluding hydrogens is 496 g/mol. The van der Waals surface area contributed by atoms with Gasteiger partial charge in [0.15, 0.2) is 0 Å². The summed E-state index contributed by atoms with van der Waals surface area (Å²) >= 11 is 1.19. The lowest BCUT2D eigenvalue weighted by atomic mass is 9.86. The monoisotopic (exact) mass is 527 g/mol. The molecule has 37 heavy (non-hydrogen) atoms. The second-order valence-corrected chi connectivity index (χ2v) is 10.9. The predicted octanol–water partition coefficient (Wildman–Crippen LogP) is 3.85. The van der Waals surface area contributed by atoms with Gasteiger partial charge in [-0.05, 0) is 42.0 Å². The van der Waals surface area contributed by atoms with Crippen LogP contribution < -0.4 is 16.4 Å². The van der Waals surface area contributed by atoms with E-state index in [1.807, 2.05) is 51.1 Å². The molecule has 11 heteroatoms. The molecule has 2 aromatic carbocycles. The molecule has 2 aromatic rings. The van der Waals surface area contributed by atoms with Gasteiger partial charge in [0.25, 0.3) is 5.91 Å². The van der Waals surface area contributed by atoms with E-state index in [1.54, 1.807) is 13.2 Å². The van der Waals surface area contributed by atoms with Crippen molar-refractivity contribution in [2.24, 2.45) is 21.2 Å². The molecule has 1 aliphatic rings. The van der Waals surface area contributed by atoms with Crippen LogP contribution in [0.15, 0.2) is 58.6 Å². The molecule has 1 unspecified atom stereocenters. The van der Waals surface area contributed by atoms with Crippen molar-refractivity contribution in [3.63, 3.8) is 0 Å². The fraction of sp³-hybridized carbons (Fsp3) is 0.385. The van der Waals surface area contributed by atoms with Gasteiger partial charge in [-0.2, -0.15) is 10.4 Å². The number of hydrazone groups is 1.